The Bertz CT molecular complexity index is 1030. The van der Waals surface area contributed by atoms with Crippen LogP contribution in [-0.4, -0.2) is 22.7 Å². The molecule has 3 saturated carbocycles. The van der Waals surface area contributed by atoms with Gasteiger partial charge in [-0.25, -0.2) is 4.98 Å². The molecule has 6 rings (SSSR count). The molecule has 132 valence electrons. The summed E-state index contributed by atoms with van der Waals surface area (Å²) >= 11 is 7.67. The molecule has 0 atom stereocenters. The fourth-order valence-corrected chi connectivity index (χ4v) is 4.98. The fourth-order valence-electron chi connectivity index (χ4n) is 4.35. The minimum absolute atomic E-state index is 0.00135. The number of oxazole rings is 1. The number of hydrogen-bond donors (Lipinski definition) is 1. The molecule has 2 bridgehead atoms. The Labute approximate surface area is 160 Å². The lowest BCUT2D eigenvalue weighted by Crippen LogP contribution is -2.76. The monoisotopic (exact) mass is 384 g/mol. The van der Waals surface area contributed by atoms with Gasteiger partial charge in [0.25, 0.3) is 5.91 Å². The van der Waals surface area contributed by atoms with E-state index in [0.717, 1.165) is 41.1 Å². The van der Waals surface area contributed by atoms with Crippen LogP contribution in [0.1, 0.15) is 35.5 Å². The Morgan fingerprint density at radius 1 is 1.23 bits per heavy atom. The van der Waals surface area contributed by atoms with Crippen LogP contribution in [0.15, 0.2) is 51.8 Å². The van der Waals surface area contributed by atoms with Crippen molar-refractivity contribution in [2.45, 2.75) is 35.1 Å². The van der Waals surface area contributed by atoms with Crippen LogP contribution in [0.5, 0.6) is 0 Å². The molecule has 2 aromatic carbocycles. The molecule has 1 aromatic heterocycles. The highest BCUT2D eigenvalue weighted by molar-refractivity contribution is 7.98. The third kappa shape index (κ3) is 2.37. The van der Waals surface area contributed by atoms with Gasteiger partial charge in [-0.05, 0) is 61.9 Å². The van der Waals surface area contributed by atoms with E-state index in [1.165, 1.54) is 0 Å². The number of aromatic nitrogens is 1. The van der Waals surface area contributed by atoms with Crippen LogP contribution in [-0.2, 0) is 5.41 Å². The first-order valence-electron chi connectivity index (χ1n) is 8.54. The minimum atomic E-state index is -0.106. The van der Waals surface area contributed by atoms with Crippen LogP contribution in [0.2, 0.25) is 5.02 Å². The van der Waals surface area contributed by atoms with Gasteiger partial charge in [0.15, 0.2) is 5.58 Å². The molecule has 0 spiro atoms. The number of amides is 1. The summed E-state index contributed by atoms with van der Waals surface area (Å²) in [5.74, 6) is 0.772. The van der Waals surface area contributed by atoms with Gasteiger partial charge in [-0.3, -0.25) is 4.79 Å². The number of hydrogen-bond acceptors (Lipinski definition) is 4. The highest BCUT2D eigenvalue weighted by Gasteiger charge is 2.71. The van der Waals surface area contributed by atoms with Crippen LogP contribution in [0, 0.1) is 0 Å². The van der Waals surface area contributed by atoms with E-state index in [-0.39, 0.29) is 16.9 Å². The van der Waals surface area contributed by atoms with E-state index >= 15 is 0 Å². The lowest BCUT2D eigenvalue weighted by atomic mass is 9.39. The summed E-state index contributed by atoms with van der Waals surface area (Å²) in [6.45, 7) is 0. The van der Waals surface area contributed by atoms with Crippen molar-refractivity contribution in [1.29, 1.82) is 0 Å². The molecule has 3 aromatic rings. The number of carbonyl (C=O) groups is 1. The largest absolute Gasteiger partial charge is 0.440 e. The lowest BCUT2D eigenvalue weighted by Gasteiger charge is -2.68. The molecular weight excluding hydrogens is 368 g/mol. The summed E-state index contributed by atoms with van der Waals surface area (Å²) in [4.78, 5) is 18.3. The van der Waals surface area contributed by atoms with Gasteiger partial charge in [0.05, 0.1) is 5.41 Å². The molecule has 1 amide bonds. The van der Waals surface area contributed by atoms with E-state index in [1.807, 2.05) is 48.7 Å². The maximum absolute atomic E-state index is 12.6. The number of halogens is 1. The molecule has 26 heavy (non-hydrogen) atoms. The van der Waals surface area contributed by atoms with E-state index in [0.29, 0.717) is 10.6 Å². The Morgan fingerprint density at radius 3 is 2.81 bits per heavy atom. The first-order chi connectivity index (χ1) is 12.5. The number of rotatable bonds is 4. The molecule has 0 radical (unpaired) electrons. The zero-order valence-corrected chi connectivity index (χ0v) is 15.8. The van der Waals surface area contributed by atoms with Crippen LogP contribution < -0.4 is 5.32 Å². The molecule has 0 unspecified atom stereocenters. The average molecular weight is 385 g/mol. The van der Waals surface area contributed by atoms with Gasteiger partial charge in [0, 0.05) is 21.0 Å². The van der Waals surface area contributed by atoms with Gasteiger partial charge in [0.2, 0.25) is 5.89 Å². The Morgan fingerprint density at radius 2 is 2.04 bits per heavy atom. The van der Waals surface area contributed by atoms with Crippen molar-refractivity contribution in [2.24, 2.45) is 0 Å². The molecule has 4 nitrogen and oxygen atoms in total. The van der Waals surface area contributed by atoms with Crippen molar-refractivity contribution in [3.05, 3.63) is 58.9 Å². The first-order valence-corrected chi connectivity index (χ1v) is 10.1. The summed E-state index contributed by atoms with van der Waals surface area (Å²) < 4.78 is 5.95. The van der Waals surface area contributed by atoms with Crippen molar-refractivity contribution in [2.75, 3.05) is 6.26 Å². The lowest BCUT2D eigenvalue weighted by molar-refractivity contribution is -0.0955. The summed E-state index contributed by atoms with van der Waals surface area (Å²) in [6.07, 6.45) is 4.66. The SMILES string of the molecule is CSc1cccc(C(=O)NC23CC(c4nc5cc(Cl)ccc5o4)(C2)C3)c1. The summed E-state index contributed by atoms with van der Waals surface area (Å²) in [5.41, 5.74) is 2.14. The van der Waals surface area contributed by atoms with Gasteiger partial charge in [-0.1, -0.05) is 17.7 Å². The summed E-state index contributed by atoms with van der Waals surface area (Å²) in [6, 6.07) is 13.2. The fraction of sp³-hybridized carbons (Fsp3) is 0.300. The van der Waals surface area contributed by atoms with Gasteiger partial charge in [-0.15, -0.1) is 11.8 Å². The zero-order valence-electron chi connectivity index (χ0n) is 14.2. The van der Waals surface area contributed by atoms with E-state index in [2.05, 4.69) is 10.3 Å². The smallest absolute Gasteiger partial charge is 0.251 e. The quantitative estimate of drug-likeness (QED) is 0.656. The number of nitrogens with zero attached hydrogens (tertiary/aromatic N) is 1. The van der Waals surface area contributed by atoms with Crippen LogP contribution in [0.25, 0.3) is 11.1 Å². The van der Waals surface area contributed by atoms with Crippen LogP contribution >= 0.6 is 23.4 Å². The van der Waals surface area contributed by atoms with Crippen molar-refractivity contribution < 1.29 is 9.21 Å². The summed E-state index contributed by atoms with van der Waals surface area (Å²) in [7, 11) is 0. The highest BCUT2D eigenvalue weighted by atomic mass is 35.5. The topological polar surface area (TPSA) is 55.1 Å². The molecular formula is C20H17ClN2O2S. The van der Waals surface area contributed by atoms with Gasteiger partial charge >= 0.3 is 0 Å². The Kier molecular flexibility index (Phi) is 3.43. The third-order valence-corrected chi connectivity index (χ3v) is 6.50. The zero-order chi connectivity index (χ0) is 17.9. The number of fused-ring (bicyclic) bond motifs is 1. The molecule has 3 aliphatic rings. The molecule has 0 aliphatic heterocycles. The van der Waals surface area contributed by atoms with Crippen molar-refractivity contribution in [3.8, 4) is 0 Å². The number of thioether (sulfide) groups is 1. The summed E-state index contributed by atoms with van der Waals surface area (Å²) in [5, 5.41) is 3.88. The maximum Gasteiger partial charge on any atom is 0.251 e. The molecule has 6 heteroatoms. The number of benzene rings is 2. The standard InChI is InChI=1S/C20H17ClN2O2S/c1-26-14-4-2-3-12(7-14)17(24)23-20-9-19(10-20,11-20)18-22-15-8-13(21)5-6-16(15)25-18/h2-8H,9-11H2,1H3,(H,23,24). The maximum atomic E-state index is 12.6. The molecule has 1 heterocycles. The third-order valence-electron chi connectivity index (χ3n) is 5.54. The number of nitrogens with one attached hydrogen (secondary N) is 1. The van der Waals surface area contributed by atoms with Crippen LogP contribution in [0.4, 0.5) is 0 Å². The van der Waals surface area contributed by atoms with E-state index < -0.39 is 0 Å². The normalized spacial score (nSPS) is 26.2. The molecule has 1 N–H and O–H groups in total. The van der Waals surface area contributed by atoms with E-state index in [9.17, 15) is 4.79 Å². The Balaban J connectivity index is 1.31. The van der Waals surface area contributed by atoms with E-state index in [1.54, 1.807) is 11.8 Å². The van der Waals surface area contributed by atoms with Crippen LogP contribution in [0.3, 0.4) is 0 Å². The predicted octanol–water partition coefficient (Wildman–Crippen LogP) is 4.81. The number of carbonyl (C=O) groups excluding carboxylic acids is 1. The van der Waals surface area contributed by atoms with Crippen molar-refractivity contribution in [3.63, 3.8) is 0 Å². The van der Waals surface area contributed by atoms with Gasteiger partial charge in [-0.2, -0.15) is 0 Å². The van der Waals surface area contributed by atoms with Crippen molar-refractivity contribution in [1.82, 2.24) is 10.3 Å². The predicted molar refractivity (Wildman–Crippen MR) is 103 cm³/mol. The second kappa shape index (κ2) is 5.51. The first kappa shape index (κ1) is 16.2. The van der Waals surface area contributed by atoms with Gasteiger partial charge < -0.3 is 9.73 Å². The molecule has 3 aliphatic carbocycles. The second-order valence-electron chi connectivity index (χ2n) is 7.41. The van der Waals surface area contributed by atoms with E-state index in [4.69, 9.17) is 16.0 Å². The highest BCUT2D eigenvalue weighted by Crippen LogP contribution is 2.67. The molecule has 3 fully saturated rings. The van der Waals surface area contributed by atoms with Gasteiger partial charge in [0.1, 0.15) is 5.52 Å². The van der Waals surface area contributed by atoms with Crippen molar-refractivity contribution >= 4 is 40.4 Å². The Hall–Kier alpha value is -1.98. The minimum Gasteiger partial charge on any atom is -0.440 e. The second-order valence-corrected chi connectivity index (χ2v) is 8.72. The average Bonchev–Trinajstić information content (AvgIpc) is 2.99. The molecule has 0 saturated heterocycles.